The average Bonchev–Trinajstić information content (AvgIpc) is 2.92. The third-order valence-electron chi connectivity index (χ3n) is 3.42. The fourth-order valence-electron chi connectivity index (χ4n) is 2.39. The summed E-state index contributed by atoms with van der Waals surface area (Å²) in [6.07, 6.45) is 5.04. The van der Waals surface area contributed by atoms with Crippen LogP contribution < -0.4 is 5.32 Å². The van der Waals surface area contributed by atoms with Crippen molar-refractivity contribution in [1.82, 2.24) is 0 Å². The van der Waals surface area contributed by atoms with E-state index in [0.29, 0.717) is 18.0 Å². The SMILES string of the molecule is O=C(COC(=O)CC1CCCC1)Nc1ccc(I)cc1. The van der Waals surface area contributed by atoms with Crippen molar-refractivity contribution in [2.24, 2.45) is 5.92 Å². The Labute approximate surface area is 132 Å². The Morgan fingerprint density at radius 2 is 1.85 bits per heavy atom. The first kappa shape index (κ1) is 15.3. The maximum Gasteiger partial charge on any atom is 0.306 e. The summed E-state index contributed by atoms with van der Waals surface area (Å²) >= 11 is 2.20. The maximum atomic E-state index is 11.6. The zero-order valence-electron chi connectivity index (χ0n) is 11.2. The third kappa shape index (κ3) is 5.11. The highest BCUT2D eigenvalue weighted by Crippen LogP contribution is 2.27. The van der Waals surface area contributed by atoms with E-state index in [1.54, 1.807) is 0 Å². The van der Waals surface area contributed by atoms with Gasteiger partial charge in [0, 0.05) is 15.7 Å². The highest BCUT2D eigenvalue weighted by atomic mass is 127. The monoisotopic (exact) mass is 387 g/mol. The molecule has 0 spiro atoms. The van der Waals surface area contributed by atoms with E-state index in [4.69, 9.17) is 4.74 Å². The molecule has 1 N–H and O–H groups in total. The molecule has 0 saturated heterocycles. The number of ether oxygens (including phenoxy) is 1. The summed E-state index contributed by atoms with van der Waals surface area (Å²) in [5.41, 5.74) is 0.710. The lowest BCUT2D eigenvalue weighted by Gasteiger charge is -2.09. The molecule has 0 aliphatic heterocycles. The molecular weight excluding hydrogens is 369 g/mol. The molecule has 5 heteroatoms. The molecule has 0 radical (unpaired) electrons. The number of benzene rings is 1. The molecule has 4 nitrogen and oxygen atoms in total. The van der Waals surface area contributed by atoms with Gasteiger partial charge in [-0.3, -0.25) is 9.59 Å². The van der Waals surface area contributed by atoms with Crippen molar-refractivity contribution in [2.45, 2.75) is 32.1 Å². The Morgan fingerprint density at radius 1 is 1.20 bits per heavy atom. The van der Waals surface area contributed by atoms with Crippen LogP contribution in [-0.2, 0) is 14.3 Å². The second-order valence-corrected chi connectivity index (χ2v) is 6.32. The molecule has 20 heavy (non-hydrogen) atoms. The number of carbonyl (C=O) groups is 2. The van der Waals surface area contributed by atoms with Gasteiger partial charge in [-0.05, 0) is 65.6 Å². The molecule has 0 atom stereocenters. The van der Waals surface area contributed by atoms with Gasteiger partial charge in [-0.15, -0.1) is 0 Å². The van der Waals surface area contributed by atoms with Gasteiger partial charge < -0.3 is 10.1 Å². The van der Waals surface area contributed by atoms with Crippen LogP contribution in [0.15, 0.2) is 24.3 Å². The number of halogens is 1. The minimum Gasteiger partial charge on any atom is -0.456 e. The van der Waals surface area contributed by atoms with Gasteiger partial charge in [0.2, 0.25) is 0 Å². The summed E-state index contributed by atoms with van der Waals surface area (Å²) in [6, 6.07) is 7.45. The Morgan fingerprint density at radius 3 is 2.50 bits per heavy atom. The standard InChI is InChI=1S/C15H18INO3/c16-12-5-7-13(8-6-12)17-14(18)10-20-15(19)9-11-3-1-2-4-11/h5-8,11H,1-4,9-10H2,(H,17,18). The smallest absolute Gasteiger partial charge is 0.306 e. The zero-order valence-corrected chi connectivity index (χ0v) is 13.4. The fraction of sp³-hybridized carbons (Fsp3) is 0.467. The first-order valence-corrected chi connectivity index (χ1v) is 7.92. The van der Waals surface area contributed by atoms with Crippen molar-refractivity contribution >= 4 is 40.2 Å². The van der Waals surface area contributed by atoms with Crippen LogP contribution in [0.5, 0.6) is 0 Å². The van der Waals surface area contributed by atoms with Crippen LogP contribution in [0.2, 0.25) is 0 Å². The predicted octanol–water partition coefficient (Wildman–Crippen LogP) is 3.35. The van der Waals surface area contributed by atoms with E-state index in [1.807, 2.05) is 24.3 Å². The summed E-state index contributed by atoms with van der Waals surface area (Å²) in [5, 5.41) is 2.70. The van der Waals surface area contributed by atoms with E-state index >= 15 is 0 Å². The number of carbonyl (C=O) groups excluding carboxylic acids is 2. The van der Waals surface area contributed by atoms with Crippen molar-refractivity contribution in [3.8, 4) is 0 Å². The van der Waals surface area contributed by atoms with Crippen LogP contribution in [0.4, 0.5) is 5.69 Å². The van der Waals surface area contributed by atoms with E-state index in [0.717, 1.165) is 16.4 Å². The maximum absolute atomic E-state index is 11.6. The minimum atomic E-state index is -0.300. The topological polar surface area (TPSA) is 55.4 Å². The van der Waals surface area contributed by atoms with Gasteiger partial charge >= 0.3 is 5.97 Å². The normalized spacial score (nSPS) is 15.1. The molecule has 1 aromatic rings. The first-order valence-electron chi connectivity index (χ1n) is 6.84. The van der Waals surface area contributed by atoms with E-state index in [2.05, 4.69) is 27.9 Å². The lowest BCUT2D eigenvalue weighted by molar-refractivity contribution is -0.148. The number of amides is 1. The second-order valence-electron chi connectivity index (χ2n) is 5.07. The molecule has 0 heterocycles. The molecule has 2 rings (SSSR count). The Hall–Kier alpha value is -1.11. The Bertz CT molecular complexity index is 467. The van der Waals surface area contributed by atoms with Gasteiger partial charge in [0.15, 0.2) is 6.61 Å². The van der Waals surface area contributed by atoms with Crippen LogP contribution in [-0.4, -0.2) is 18.5 Å². The number of esters is 1. The van der Waals surface area contributed by atoms with Crippen LogP contribution >= 0.6 is 22.6 Å². The van der Waals surface area contributed by atoms with Crippen molar-refractivity contribution in [1.29, 1.82) is 0 Å². The lowest BCUT2D eigenvalue weighted by atomic mass is 10.1. The minimum absolute atomic E-state index is 0.211. The Kier molecular flexibility index (Phi) is 5.82. The van der Waals surface area contributed by atoms with Crippen molar-refractivity contribution in [3.05, 3.63) is 27.8 Å². The molecule has 1 aliphatic carbocycles. The van der Waals surface area contributed by atoms with Crippen LogP contribution in [0.1, 0.15) is 32.1 Å². The van der Waals surface area contributed by atoms with E-state index in [9.17, 15) is 9.59 Å². The average molecular weight is 387 g/mol. The molecule has 1 saturated carbocycles. The number of nitrogens with one attached hydrogen (secondary N) is 1. The number of rotatable bonds is 5. The van der Waals surface area contributed by atoms with Crippen molar-refractivity contribution in [3.63, 3.8) is 0 Å². The summed E-state index contributed by atoms with van der Waals surface area (Å²) in [6.45, 7) is -0.211. The Balaban J connectivity index is 1.69. The van der Waals surface area contributed by atoms with Crippen molar-refractivity contribution < 1.29 is 14.3 Å². The van der Waals surface area contributed by atoms with Gasteiger partial charge in [0.25, 0.3) is 5.91 Å². The molecule has 0 aromatic heterocycles. The lowest BCUT2D eigenvalue weighted by Crippen LogP contribution is -2.21. The van der Waals surface area contributed by atoms with Crippen LogP contribution in [0, 0.1) is 9.49 Å². The number of hydrogen-bond acceptors (Lipinski definition) is 3. The van der Waals surface area contributed by atoms with Crippen LogP contribution in [0.25, 0.3) is 0 Å². The van der Waals surface area contributed by atoms with E-state index < -0.39 is 0 Å². The molecular formula is C15H18INO3. The zero-order chi connectivity index (χ0) is 14.4. The molecule has 108 valence electrons. The van der Waals surface area contributed by atoms with Gasteiger partial charge in [0.05, 0.1) is 0 Å². The summed E-state index contributed by atoms with van der Waals surface area (Å²) in [5.74, 6) is -0.123. The molecule has 1 aliphatic rings. The van der Waals surface area contributed by atoms with Gasteiger partial charge in [-0.1, -0.05) is 12.8 Å². The largest absolute Gasteiger partial charge is 0.456 e. The van der Waals surface area contributed by atoms with Gasteiger partial charge in [-0.25, -0.2) is 0 Å². The third-order valence-corrected chi connectivity index (χ3v) is 4.14. The number of anilines is 1. The first-order chi connectivity index (χ1) is 9.63. The summed E-state index contributed by atoms with van der Waals surface area (Å²) < 4.78 is 6.11. The summed E-state index contributed by atoms with van der Waals surface area (Å²) in [7, 11) is 0. The molecule has 1 aromatic carbocycles. The van der Waals surface area contributed by atoms with Gasteiger partial charge in [0.1, 0.15) is 0 Å². The van der Waals surface area contributed by atoms with E-state index in [1.165, 1.54) is 12.8 Å². The fourth-order valence-corrected chi connectivity index (χ4v) is 2.75. The molecule has 0 unspecified atom stereocenters. The molecule has 1 fully saturated rings. The highest BCUT2D eigenvalue weighted by molar-refractivity contribution is 14.1. The molecule has 0 bridgehead atoms. The van der Waals surface area contributed by atoms with Crippen LogP contribution in [0.3, 0.4) is 0 Å². The predicted molar refractivity (Wildman–Crippen MR) is 85.3 cm³/mol. The highest BCUT2D eigenvalue weighted by Gasteiger charge is 2.19. The van der Waals surface area contributed by atoms with E-state index in [-0.39, 0.29) is 18.5 Å². The van der Waals surface area contributed by atoms with Gasteiger partial charge in [-0.2, -0.15) is 0 Å². The van der Waals surface area contributed by atoms with Crippen molar-refractivity contribution in [2.75, 3.05) is 11.9 Å². The number of hydrogen-bond donors (Lipinski definition) is 1. The second kappa shape index (κ2) is 7.61. The molecule has 1 amide bonds. The summed E-state index contributed by atoms with van der Waals surface area (Å²) in [4.78, 5) is 23.2. The quantitative estimate of drug-likeness (QED) is 0.623.